The molecule has 160 valence electrons. The average molecular weight is 415 g/mol. The summed E-state index contributed by atoms with van der Waals surface area (Å²) in [7, 11) is 0. The number of hydrogen-bond acceptors (Lipinski definition) is 3. The molecule has 0 radical (unpaired) electrons. The molecule has 1 aromatic heterocycles. The van der Waals surface area contributed by atoms with Crippen LogP contribution in [-0.2, 0) is 21.4 Å². The van der Waals surface area contributed by atoms with E-state index in [2.05, 4.69) is 52.3 Å². The Balaban J connectivity index is 1.36. The van der Waals surface area contributed by atoms with E-state index in [0.29, 0.717) is 31.6 Å². The molecule has 0 N–H and O–H groups in total. The molecule has 4 heteroatoms. The number of hydrogen-bond donors (Lipinski definition) is 0. The molecular formula is C27H30N2O2. The highest BCUT2D eigenvalue weighted by molar-refractivity contribution is 5.88. The van der Waals surface area contributed by atoms with Crippen LogP contribution in [0.4, 0.5) is 0 Å². The molecule has 2 aliphatic rings. The summed E-state index contributed by atoms with van der Waals surface area (Å²) >= 11 is 0. The van der Waals surface area contributed by atoms with Gasteiger partial charge in [0.15, 0.2) is 0 Å². The van der Waals surface area contributed by atoms with E-state index in [1.807, 2.05) is 24.5 Å². The first-order valence-electron chi connectivity index (χ1n) is 11.5. The van der Waals surface area contributed by atoms with Crippen molar-refractivity contribution in [2.75, 3.05) is 26.3 Å². The first-order chi connectivity index (χ1) is 15.2. The zero-order valence-corrected chi connectivity index (χ0v) is 18.0. The lowest BCUT2D eigenvalue weighted by molar-refractivity contribution is -0.137. The molecule has 1 saturated heterocycles. The van der Waals surface area contributed by atoms with Crippen molar-refractivity contribution in [2.45, 2.75) is 37.5 Å². The van der Waals surface area contributed by atoms with E-state index < -0.39 is 0 Å². The van der Waals surface area contributed by atoms with Gasteiger partial charge >= 0.3 is 0 Å². The van der Waals surface area contributed by atoms with Crippen molar-refractivity contribution >= 4 is 16.7 Å². The summed E-state index contributed by atoms with van der Waals surface area (Å²) in [5, 5.41) is 2.37. The van der Waals surface area contributed by atoms with Crippen LogP contribution in [0.2, 0.25) is 0 Å². The second kappa shape index (κ2) is 8.80. The molecule has 31 heavy (non-hydrogen) atoms. The number of nitrogens with zero attached hydrogens (tertiary/aromatic N) is 2. The number of amides is 1. The Hall–Kier alpha value is -2.72. The Morgan fingerprint density at radius 2 is 1.90 bits per heavy atom. The van der Waals surface area contributed by atoms with Crippen molar-refractivity contribution in [3.8, 4) is 0 Å². The van der Waals surface area contributed by atoms with Crippen LogP contribution in [0.15, 0.2) is 67.0 Å². The van der Waals surface area contributed by atoms with Gasteiger partial charge in [-0.3, -0.25) is 9.78 Å². The van der Waals surface area contributed by atoms with E-state index in [1.165, 1.54) is 16.5 Å². The van der Waals surface area contributed by atoms with Crippen molar-refractivity contribution in [3.05, 3.63) is 78.1 Å². The van der Waals surface area contributed by atoms with Gasteiger partial charge in [0.1, 0.15) is 0 Å². The van der Waals surface area contributed by atoms with Gasteiger partial charge in [-0.25, -0.2) is 0 Å². The van der Waals surface area contributed by atoms with E-state index in [-0.39, 0.29) is 5.41 Å². The molecule has 2 fully saturated rings. The topological polar surface area (TPSA) is 42.4 Å². The highest BCUT2D eigenvalue weighted by atomic mass is 16.5. The smallest absolute Gasteiger partial charge is 0.233 e. The van der Waals surface area contributed by atoms with Gasteiger partial charge in [-0.05, 0) is 47.9 Å². The normalized spacial score (nSPS) is 21.2. The standard InChI is InChI=1S/C27H30N2O2/c30-26(27(11-4-5-12-27)25-6-2-1-3-7-25)29-14-15-31-20-22(19-29)16-21-8-9-23-10-13-28-18-24(23)17-21/h1-3,6-10,13,17-18,22H,4-5,11-12,14-16,19-20H2/t22-/m0/s1. The van der Waals surface area contributed by atoms with Crippen molar-refractivity contribution in [3.63, 3.8) is 0 Å². The zero-order chi connectivity index (χ0) is 21.1. The number of aromatic nitrogens is 1. The maximum atomic E-state index is 13.9. The molecule has 4 nitrogen and oxygen atoms in total. The average Bonchev–Trinajstić information content (AvgIpc) is 3.21. The molecule has 1 saturated carbocycles. The van der Waals surface area contributed by atoms with Crippen molar-refractivity contribution < 1.29 is 9.53 Å². The van der Waals surface area contributed by atoms with Gasteiger partial charge in [-0.1, -0.05) is 55.3 Å². The minimum atomic E-state index is -0.356. The zero-order valence-electron chi connectivity index (χ0n) is 18.0. The van der Waals surface area contributed by atoms with Crippen molar-refractivity contribution in [2.24, 2.45) is 5.92 Å². The van der Waals surface area contributed by atoms with Gasteiger partial charge in [0.05, 0.1) is 18.6 Å². The predicted molar refractivity (Wildman–Crippen MR) is 123 cm³/mol. The molecule has 1 aliphatic carbocycles. The highest BCUT2D eigenvalue weighted by Crippen LogP contribution is 2.43. The van der Waals surface area contributed by atoms with E-state index >= 15 is 0 Å². The lowest BCUT2D eigenvalue weighted by Crippen LogP contribution is -2.47. The van der Waals surface area contributed by atoms with Crippen molar-refractivity contribution in [1.29, 1.82) is 0 Å². The Morgan fingerprint density at radius 1 is 1.06 bits per heavy atom. The van der Waals surface area contributed by atoms with E-state index in [0.717, 1.165) is 44.0 Å². The lowest BCUT2D eigenvalue weighted by Gasteiger charge is -2.35. The molecule has 1 amide bonds. The fourth-order valence-corrected chi connectivity index (χ4v) is 5.45. The SMILES string of the molecule is O=C(N1CCOC[C@@H](Cc2ccc3ccncc3c2)C1)C1(c2ccccc2)CCCC1. The van der Waals surface area contributed by atoms with Gasteiger partial charge in [0.25, 0.3) is 0 Å². The minimum absolute atomic E-state index is 0.300. The van der Waals surface area contributed by atoms with Crippen LogP contribution in [0.1, 0.15) is 36.8 Å². The van der Waals surface area contributed by atoms with Gasteiger partial charge in [-0.15, -0.1) is 0 Å². The summed E-state index contributed by atoms with van der Waals surface area (Å²) in [6.07, 6.45) is 8.81. The quantitative estimate of drug-likeness (QED) is 0.618. The van der Waals surface area contributed by atoms with Crippen LogP contribution < -0.4 is 0 Å². The molecular weight excluding hydrogens is 384 g/mol. The monoisotopic (exact) mass is 414 g/mol. The molecule has 5 rings (SSSR count). The summed E-state index contributed by atoms with van der Waals surface area (Å²) in [5.74, 6) is 0.601. The van der Waals surface area contributed by atoms with Crippen molar-refractivity contribution in [1.82, 2.24) is 9.88 Å². The summed E-state index contributed by atoms with van der Waals surface area (Å²) in [4.78, 5) is 20.3. The Morgan fingerprint density at radius 3 is 2.74 bits per heavy atom. The summed E-state index contributed by atoms with van der Waals surface area (Å²) in [5.41, 5.74) is 2.10. The summed E-state index contributed by atoms with van der Waals surface area (Å²) in [6.45, 7) is 2.77. The van der Waals surface area contributed by atoms with Gasteiger partial charge < -0.3 is 9.64 Å². The lowest BCUT2D eigenvalue weighted by atomic mass is 9.77. The molecule has 2 heterocycles. The number of rotatable bonds is 4. The van der Waals surface area contributed by atoms with Crippen LogP contribution in [0.5, 0.6) is 0 Å². The largest absolute Gasteiger partial charge is 0.379 e. The maximum Gasteiger partial charge on any atom is 0.233 e. The van der Waals surface area contributed by atoms with Crippen LogP contribution in [0, 0.1) is 5.92 Å². The molecule has 3 aromatic rings. The number of carbonyl (C=O) groups is 1. The number of pyridine rings is 1. The van der Waals surface area contributed by atoms with E-state index in [9.17, 15) is 4.79 Å². The maximum absolute atomic E-state index is 13.9. The number of benzene rings is 2. The molecule has 0 unspecified atom stereocenters. The molecule has 1 aliphatic heterocycles. The molecule has 2 aromatic carbocycles. The third kappa shape index (κ3) is 4.09. The minimum Gasteiger partial charge on any atom is -0.379 e. The fraction of sp³-hybridized carbons (Fsp3) is 0.407. The van der Waals surface area contributed by atoms with Crippen LogP contribution in [0.3, 0.4) is 0 Å². The highest BCUT2D eigenvalue weighted by Gasteiger charge is 2.45. The second-order valence-corrected chi connectivity index (χ2v) is 9.11. The molecule has 1 atom stereocenters. The van der Waals surface area contributed by atoms with E-state index in [4.69, 9.17) is 4.74 Å². The van der Waals surface area contributed by atoms with Gasteiger partial charge in [0.2, 0.25) is 5.91 Å². The van der Waals surface area contributed by atoms with Gasteiger partial charge in [-0.2, -0.15) is 0 Å². The fourth-order valence-electron chi connectivity index (χ4n) is 5.45. The van der Waals surface area contributed by atoms with E-state index in [1.54, 1.807) is 0 Å². The first-order valence-corrected chi connectivity index (χ1v) is 11.5. The van der Waals surface area contributed by atoms with Crippen LogP contribution >= 0.6 is 0 Å². The first kappa shape index (κ1) is 20.2. The third-order valence-corrected chi connectivity index (χ3v) is 7.05. The Kier molecular flexibility index (Phi) is 5.73. The second-order valence-electron chi connectivity index (χ2n) is 9.11. The predicted octanol–water partition coefficient (Wildman–Crippen LogP) is 4.76. The number of fused-ring (bicyclic) bond motifs is 1. The molecule has 0 bridgehead atoms. The Labute approximate surface area is 184 Å². The molecule has 0 spiro atoms. The third-order valence-electron chi connectivity index (χ3n) is 7.05. The summed E-state index contributed by atoms with van der Waals surface area (Å²) in [6, 6.07) is 19.1. The Bertz CT molecular complexity index is 1040. The van der Waals surface area contributed by atoms with Gasteiger partial charge in [0, 0.05) is 36.8 Å². The number of ether oxygens (including phenoxy) is 1. The van der Waals surface area contributed by atoms with Crippen LogP contribution in [-0.4, -0.2) is 42.1 Å². The summed E-state index contributed by atoms with van der Waals surface area (Å²) < 4.78 is 5.94. The number of carbonyl (C=O) groups excluding carboxylic acids is 1. The van der Waals surface area contributed by atoms with Crippen LogP contribution in [0.25, 0.3) is 10.8 Å².